The molecule has 1 atom stereocenters. The molecule has 1 rings (SSSR count). The minimum absolute atomic E-state index is 0.726. The van der Waals surface area contributed by atoms with Gasteiger partial charge in [0.15, 0.2) is 5.96 Å². The number of rotatable bonds is 8. The third kappa shape index (κ3) is 7.73. The van der Waals surface area contributed by atoms with Crippen molar-refractivity contribution in [3.05, 3.63) is 0 Å². The molecule has 4 heteroatoms. The number of nitrogens with zero attached hydrogens (tertiary/aromatic N) is 2. The summed E-state index contributed by atoms with van der Waals surface area (Å²) in [6.45, 7) is 9.74. The Balaban J connectivity index is 2.26. The molecule has 0 radical (unpaired) electrons. The fourth-order valence-electron chi connectivity index (χ4n) is 2.74. The quantitative estimate of drug-likeness (QED) is 0.408. The van der Waals surface area contributed by atoms with Crippen molar-refractivity contribution in [3.8, 4) is 0 Å². The molecule has 1 saturated heterocycles. The summed E-state index contributed by atoms with van der Waals surface area (Å²) in [5.41, 5.74) is 0. The minimum atomic E-state index is 0.726. The van der Waals surface area contributed by atoms with Crippen LogP contribution in [0.5, 0.6) is 0 Å². The Labute approximate surface area is 125 Å². The lowest BCUT2D eigenvalue weighted by Crippen LogP contribution is -2.39. The summed E-state index contributed by atoms with van der Waals surface area (Å²) in [5.74, 6) is 1.72. The van der Waals surface area contributed by atoms with E-state index in [1.165, 1.54) is 51.6 Å². The molecule has 0 saturated carbocycles. The van der Waals surface area contributed by atoms with Gasteiger partial charge in [0.1, 0.15) is 0 Å². The van der Waals surface area contributed by atoms with E-state index in [1.807, 2.05) is 0 Å². The standard InChI is InChI=1S/C16H34N4/c1-4-6-7-8-11-18-16(17-5-2)19-13-15-10-9-12-20(3)14-15/h15H,4-14H2,1-3H3,(H2,17,18,19). The lowest BCUT2D eigenvalue weighted by atomic mass is 9.99. The number of unbranched alkanes of at least 4 members (excludes halogenated alkanes) is 3. The van der Waals surface area contributed by atoms with Crippen molar-refractivity contribution in [1.82, 2.24) is 15.5 Å². The largest absolute Gasteiger partial charge is 0.357 e. The maximum atomic E-state index is 4.76. The lowest BCUT2D eigenvalue weighted by Gasteiger charge is -2.28. The first-order chi connectivity index (χ1) is 9.76. The Bertz CT molecular complexity index is 265. The molecule has 2 N–H and O–H groups in total. The fraction of sp³-hybridized carbons (Fsp3) is 0.938. The zero-order chi connectivity index (χ0) is 14.6. The van der Waals surface area contributed by atoms with Crippen molar-refractivity contribution < 1.29 is 0 Å². The lowest BCUT2D eigenvalue weighted by molar-refractivity contribution is 0.214. The monoisotopic (exact) mass is 282 g/mol. The fourth-order valence-corrected chi connectivity index (χ4v) is 2.74. The molecule has 4 nitrogen and oxygen atoms in total. The molecule has 0 bridgehead atoms. The van der Waals surface area contributed by atoms with E-state index in [0.29, 0.717) is 0 Å². The zero-order valence-electron chi connectivity index (χ0n) is 13.7. The number of nitrogens with one attached hydrogen (secondary N) is 2. The maximum Gasteiger partial charge on any atom is 0.191 e. The van der Waals surface area contributed by atoms with E-state index in [0.717, 1.165) is 31.5 Å². The highest BCUT2D eigenvalue weighted by molar-refractivity contribution is 5.79. The molecule has 0 aromatic heterocycles. The Kier molecular flexibility index (Phi) is 9.46. The van der Waals surface area contributed by atoms with Gasteiger partial charge in [-0.2, -0.15) is 0 Å². The molecule has 118 valence electrons. The van der Waals surface area contributed by atoms with Crippen LogP contribution in [0, 0.1) is 5.92 Å². The van der Waals surface area contributed by atoms with Crippen molar-refractivity contribution >= 4 is 5.96 Å². The molecule has 0 aromatic carbocycles. The van der Waals surface area contributed by atoms with Gasteiger partial charge in [-0.1, -0.05) is 26.2 Å². The molecule has 1 heterocycles. The van der Waals surface area contributed by atoms with Gasteiger partial charge in [0.2, 0.25) is 0 Å². The van der Waals surface area contributed by atoms with Crippen LogP contribution < -0.4 is 10.6 Å². The summed E-state index contributed by atoms with van der Waals surface area (Å²) in [4.78, 5) is 7.18. The summed E-state index contributed by atoms with van der Waals surface area (Å²) < 4.78 is 0. The van der Waals surface area contributed by atoms with Gasteiger partial charge >= 0.3 is 0 Å². The second-order valence-electron chi connectivity index (χ2n) is 5.98. The van der Waals surface area contributed by atoms with Gasteiger partial charge < -0.3 is 15.5 Å². The van der Waals surface area contributed by atoms with Crippen LogP contribution in [0.15, 0.2) is 4.99 Å². The predicted octanol–water partition coefficient (Wildman–Crippen LogP) is 2.46. The first kappa shape index (κ1) is 17.3. The van der Waals surface area contributed by atoms with Gasteiger partial charge in [-0.3, -0.25) is 4.99 Å². The minimum Gasteiger partial charge on any atom is -0.357 e. The molecule has 1 unspecified atom stereocenters. The van der Waals surface area contributed by atoms with Gasteiger partial charge in [-0.15, -0.1) is 0 Å². The Hall–Kier alpha value is -0.770. The predicted molar refractivity (Wildman–Crippen MR) is 88.3 cm³/mol. The van der Waals surface area contributed by atoms with E-state index in [1.54, 1.807) is 0 Å². The number of guanidine groups is 1. The molecule has 1 aliphatic heterocycles. The van der Waals surface area contributed by atoms with Gasteiger partial charge in [-0.05, 0) is 45.7 Å². The molecule has 0 aliphatic carbocycles. The molecule has 0 aromatic rings. The summed E-state index contributed by atoms with van der Waals surface area (Å²) in [7, 11) is 2.22. The molecule has 0 amide bonds. The second kappa shape index (κ2) is 11.0. The highest BCUT2D eigenvalue weighted by Crippen LogP contribution is 2.14. The second-order valence-corrected chi connectivity index (χ2v) is 5.98. The van der Waals surface area contributed by atoms with Crippen LogP contribution in [0.2, 0.25) is 0 Å². The van der Waals surface area contributed by atoms with Crippen molar-refractivity contribution in [2.75, 3.05) is 39.8 Å². The summed E-state index contributed by atoms with van der Waals surface area (Å²) in [5, 5.41) is 6.81. The van der Waals surface area contributed by atoms with Crippen molar-refractivity contribution in [3.63, 3.8) is 0 Å². The van der Waals surface area contributed by atoms with E-state index >= 15 is 0 Å². The van der Waals surface area contributed by atoms with Crippen LogP contribution in [-0.2, 0) is 0 Å². The number of hydrogen-bond donors (Lipinski definition) is 2. The van der Waals surface area contributed by atoms with Gasteiger partial charge in [0.25, 0.3) is 0 Å². The highest BCUT2D eigenvalue weighted by atomic mass is 15.2. The van der Waals surface area contributed by atoms with Crippen LogP contribution in [-0.4, -0.2) is 50.6 Å². The third-order valence-electron chi connectivity index (χ3n) is 3.90. The number of piperidine rings is 1. The van der Waals surface area contributed by atoms with Crippen LogP contribution in [0.25, 0.3) is 0 Å². The smallest absolute Gasteiger partial charge is 0.191 e. The van der Waals surface area contributed by atoms with Crippen molar-refractivity contribution in [2.45, 2.75) is 52.4 Å². The molecule has 20 heavy (non-hydrogen) atoms. The Morgan fingerprint density at radius 1 is 1.20 bits per heavy atom. The highest BCUT2D eigenvalue weighted by Gasteiger charge is 2.16. The number of hydrogen-bond acceptors (Lipinski definition) is 2. The van der Waals surface area contributed by atoms with E-state index in [4.69, 9.17) is 4.99 Å². The molecule has 0 spiro atoms. The average molecular weight is 282 g/mol. The Morgan fingerprint density at radius 3 is 2.75 bits per heavy atom. The Morgan fingerprint density at radius 2 is 2.05 bits per heavy atom. The topological polar surface area (TPSA) is 39.7 Å². The van der Waals surface area contributed by atoms with Crippen LogP contribution >= 0.6 is 0 Å². The van der Waals surface area contributed by atoms with E-state index < -0.39 is 0 Å². The van der Waals surface area contributed by atoms with E-state index in [9.17, 15) is 0 Å². The average Bonchev–Trinajstić information content (AvgIpc) is 2.44. The van der Waals surface area contributed by atoms with Gasteiger partial charge in [0, 0.05) is 26.2 Å². The van der Waals surface area contributed by atoms with Gasteiger partial charge in [0.05, 0.1) is 0 Å². The maximum absolute atomic E-state index is 4.76. The van der Waals surface area contributed by atoms with Crippen molar-refractivity contribution in [1.29, 1.82) is 0 Å². The summed E-state index contributed by atoms with van der Waals surface area (Å²) >= 11 is 0. The summed E-state index contributed by atoms with van der Waals surface area (Å²) in [6.07, 6.45) is 7.83. The molecular formula is C16H34N4. The SMILES string of the molecule is CCCCCCNC(=NCC1CCCN(C)C1)NCC. The first-order valence-corrected chi connectivity index (χ1v) is 8.47. The molecule has 1 fully saturated rings. The number of aliphatic imine (C=N–C) groups is 1. The van der Waals surface area contributed by atoms with Gasteiger partial charge in [-0.25, -0.2) is 0 Å². The zero-order valence-corrected chi connectivity index (χ0v) is 13.7. The van der Waals surface area contributed by atoms with E-state index in [-0.39, 0.29) is 0 Å². The molecular weight excluding hydrogens is 248 g/mol. The van der Waals surface area contributed by atoms with Crippen LogP contribution in [0.4, 0.5) is 0 Å². The normalized spacial score (nSPS) is 20.9. The summed E-state index contributed by atoms with van der Waals surface area (Å²) in [6, 6.07) is 0. The first-order valence-electron chi connectivity index (χ1n) is 8.47. The molecule has 1 aliphatic rings. The van der Waals surface area contributed by atoms with Crippen LogP contribution in [0.1, 0.15) is 52.4 Å². The third-order valence-corrected chi connectivity index (χ3v) is 3.90. The van der Waals surface area contributed by atoms with Crippen molar-refractivity contribution in [2.24, 2.45) is 10.9 Å². The van der Waals surface area contributed by atoms with Crippen LogP contribution in [0.3, 0.4) is 0 Å². The van der Waals surface area contributed by atoms with E-state index in [2.05, 4.69) is 36.4 Å². The number of likely N-dealkylation sites (tertiary alicyclic amines) is 1.